The molecular weight excluding hydrogens is 304 g/mol. The van der Waals surface area contributed by atoms with Crippen LogP contribution in [0.5, 0.6) is 0 Å². The number of rotatable bonds is 2. The van der Waals surface area contributed by atoms with Gasteiger partial charge in [-0.25, -0.2) is 4.98 Å². The van der Waals surface area contributed by atoms with Crippen LogP contribution in [0.1, 0.15) is 25.5 Å². The molecule has 17 heavy (non-hydrogen) atoms. The summed E-state index contributed by atoms with van der Waals surface area (Å²) in [7, 11) is 0. The van der Waals surface area contributed by atoms with Crippen molar-refractivity contribution in [2.24, 2.45) is 5.92 Å². The van der Waals surface area contributed by atoms with E-state index >= 15 is 0 Å². The van der Waals surface area contributed by atoms with E-state index in [0.29, 0.717) is 17.1 Å². The molecule has 0 amide bonds. The quantitative estimate of drug-likeness (QED) is 0.850. The Balaban J connectivity index is 2.29. The van der Waals surface area contributed by atoms with Gasteiger partial charge in [0.05, 0.1) is 12.7 Å². The van der Waals surface area contributed by atoms with Gasteiger partial charge in [0.25, 0.3) is 0 Å². The zero-order valence-electron chi connectivity index (χ0n) is 9.91. The zero-order valence-corrected chi connectivity index (χ0v) is 12.3. The standard InChI is InChI=1S/C12H16BrClN2O/c1-7(2)11-12(17-4-3-15-11)8-5-9(13)16-10(14)6-8/h5-7,11-12,15H,3-4H2,1-2H3/t11-,12-/m1/s1. The normalized spacial score (nSPS) is 25.2. The van der Waals surface area contributed by atoms with Crippen LogP contribution in [0.15, 0.2) is 16.7 Å². The van der Waals surface area contributed by atoms with Crippen LogP contribution < -0.4 is 5.32 Å². The molecule has 0 unspecified atom stereocenters. The third-order valence-electron chi connectivity index (χ3n) is 2.94. The van der Waals surface area contributed by atoms with Crippen molar-refractivity contribution < 1.29 is 4.74 Å². The lowest BCUT2D eigenvalue weighted by molar-refractivity contribution is -0.0185. The molecule has 2 atom stereocenters. The second-order valence-electron chi connectivity index (χ2n) is 4.56. The molecule has 3 nitrogen and oxygen atoms in total. The monoisotopic (exact) mass is 318 g/mol. The minimum absolute atomic E-state index is 0.0422. The molecule has 2 heterocycles. The minimum Gasteiger partial charge on any atom is -0.371 e. The smallest absolute Gasteiger partial charge is 0.130 e. The van der Waals surface area contributed by atoms with Gasteiger partial charge in [0, 0.05) is 12.6 Å². The van der Waals surface area contributed by atoms with Crippen molar-refractivity contribution in [2.45, 2.75) is 26.0 Å². The Morgan fingerprint density at radius 2 is 2.29 bits per heavy atom. The molecule has 5 heteroatoms. The van der Waals surface area contributed by atoms with Gasteiger partial charge < -0.3 is 10.1 Å². The van der Waals surface area contributed by atoms with Crippen LogP contribution in [0.4, 0.5) is 0 Å². The summed E-state index contributed by atoms with van der Waals surface area (Å²) < 4.78 is 6.63. The number of hydrogen-bond acceptors (Lipinski definition) is 3. The van der Waals surface area contributed by atoms with E-state index in [1.807, 2.05) is 12.1 Å². The van der Waals surface area contributed by atoms with Crippen LogP contribution in [0, 0.1) is 5.92 Å². The molecule has 1 saturated heterocycles. The van der Waals surface area contributed by atoms with Gasteiger partial charge in [0.1, 0.15) is 9.76 Å². The molecule has 0 spiro atoms. The number of ether oxygens (including phenoxy) is 1. The number of halogens is 2. The molecule has 1 aliphatic heterocycles. The summed E-state index contributed by atoms with van der Waals surface area (Å²) in [5, 5.41) is 3.99. The first kappa shape index (κ1) is 13.3. The van der Waals surface area contributed by atoms with Crippen LogP contribution in [0.3, 0.4) is 0 Å². The lowest BCUT2D eigenvalue weighted by atomic mass is 9.93. The molecule has 2 rings (SSSR count). The van der Waals surface area contributed by atoms with Crippen molar-refractivity contribution >= 4 is 27.5 Å². The van der Waals surface area contributed by atoms with E-state index in [-0.39, 0.29) is 6.10 Å². The molecular formula is C12H16BrClN2O. The topological polar surface area (TPSA) is 34.1 Å². The summed E-state index contributed by atoms with van der Waals surface area (Å²) in [5.74, 6) is 0.506. The average Bonchev–Trinajstić information content (AvgIpc) is 2.27. The van der Waals surface area contributed by atoms with E-state index in [1.165, 1.54) is 0 Å². The Labute approximate surface area is 115 Å². The van der Waals surface area contributed by atoms with Gasteiger partial charge in [0.15, 0.2) is 0 Å². The molecule has 1 fully saturated rings. The van der Waals surface area contributed by atoms with E-state index in [1.54, 1.807) is 0 Å². The second-order valence-corrected chi connectivity index (χ2v) is 5.76. The van der Waals surface area contributed by atoms with Crippen molar-refractivity contribution in [3.05, 3.63) is 27.5 Å². The van der Waals surface area contributed by atoms with Gasteiger partial charge in [-0.1, -0.05) is 25.4 Å². The van der Waals surface area contributed by atoms with Crippen molar-refractivity contribution in [1.82, 2.24) is 10.3 Å². The fraction of sp³-hybridized carbons (Fsp3) is 0.583. The first-order valence-electron chi connectivity index (χ1n) is 5.76. The largest absolute Gasteiger partial charge is 0.371 e. The van der Waals surface area contributed by atoms with E-state index in [9.17, 15) is 0 Å². The van der Waals surface area contributed by atoms with Crippen LogP contribution in [0.25, 0.3) is 0 Å². The number of aromatic nitrogens is 1. The third-order valence-corrected chi connectivity index (χ3v) is 3.54. The first-order chi connectivity index (χ1) is 8.08. The summed E-state index contributed by atoms with van der Waals surface area (Å²) in [5.41, 5.74) is 1.07. The predicted molar refractivity (Wildman–Crippen MR) is 72.3 cm³/mol. The number of nitrogens with zero attached hydrogens (tertiary/aromatic N) is 1. The van der Waals surface area contributed by atoms with E-state index < -0.39 is 0 Å². The number of hydrogen-bond donors (Lipinski definition) is 1. The maximum atomic E-state index is 5.98. The van der Waals surface area contributed by atoms with Crippen molar-refractivity contribution in [1.29, 1.82) is 0 Å². The van der Waals surface area contributed by atoms with Crippen LogP contribution in [-0.2, 0) is 4.74 Å². The minimum atomic E-state index is 0.0422. The van der Waals surface area contributed by atoms with Gasteiger partial charge in [-0.2, -0.15) is 0 Å². The average molecular weight is 320 g/mol. The molecule has 1 N–H and O–H groups in total. The highest BCUT2D eigenvalue weighted by Crippen LogP contribution is 2.30. The Hall–Kier alpha value is -0.160. The molecule has 1 aromatic heterocycles. The third kappa shape index (κ3) is 3.19. The SMILES string of the molecule is CC(C)[C@H]1NCCO[C@@H]1c1cc(Cl)nc(Br)c1. The number of nitrogens with one attached hydrogen (secondary N) is 1. The van der Waals surface area contributed by atoms with Crippen molar-refractivity contribution in [3.8, 4) is 0 Å². The summed E-state index contributed by atoms with van der Waals surface area (Å²) >= 11 is 9.34. The van der Waals surface area contributed by atoms with Crippen LogP contribution in [-0.4, -0.2) is 24.2 Å². The van der Waals surface area contributed by atoms with E-state index in [0.717, 1.165) is 23.3 Å². The molecule has 94 valence electrons. The molecule has 1 aromatic rings. The highest BCUT2D eigenvalue weighted by atomic mass is 79.9. The molecule has 1 aliphatic rings. The van der Waals surface area contributed by atoms with E-state index in [2.05, 4.69) is 40.1 Å². The Morgan fingerprint density at radius 1 is 1.53 bits per heavy atom. The summed E-state index contributed by atoms with van der Waals surface area (Å²) in [6, 6.07) is 4.16. The number of morpholine rings is 1. The van der Waals surface area contributed by atoms with Gasteiger partial charge in [0.2, 0.25) is 0 Å². The molecule has 0 aromatic carbocycles. The Bertz CT molecular complexity index is 380. The van der Waals surface area contributed by atoms with Gasteiger partial charge >= 0.3 is 0 Å². The van der Waals surface area contributed by atoms with Crippen LogP contribution in [0.2, 0.25) is 5.15 Å². The molecule has 0 aliphatic carbocycles. The summed E-state index contributed by atoms with van der Waals surface area (Å²) in [6.07, 6.45) is 0.0422. The van der Waals surface area contributed by atoms with Crippen LogP contribution >= 0.6 is 27.5 Å². The zero-order chi connectivity index (χ0) is 12.4. The van der Waals surface area contributed by atoms with Gasteiger partial charge in [-0.3, -0.25) is 0 Å². The highest BCUT2D eigenvalue weighted by molar-refractivity contribution is 9.10. The van der Waals surface area contributed by atoms with Gasteiger partial charge in [-0.15, -0.1) is 0 Å². The van der Waals surface area contributed by atoms with E-state index in [4.69, 9.17) is 16.3 Å². The maximum absolute atomic E-state index is 5.98. The Morgan fingerprint density at radius 3 is 2.94 bits per heavy atom. The highest BCUT2D eigenvalue weighted by Gasteiger charge is 2.29. The second kappa shape index (κ2) is 5.65. The Kier molecular flexibility index (Phi) is 4.42. The lowest BCUT2D eigenvalue weighted by Gasteiger charge is -2.35. The molecule has 0 radical (unpaired) electrons. The number of pyridine rings is 1. The lowest BCUT2D eigenvalue weighted by Crippen LogP contribution is -2.46. The summed E-state index contributed by atoms with van der Waals surface area (Å²) in [4.78, 5) is 4.11. The fourth-order valence-electron chi connectivity index (χ4n) is 2.16. The molecule has 0 saturated carbocycles. The fourth-order valence-corrected chi connectivity index (χ4v) is 2.93. The first-order valence-corrected chi connectivity index (χ1v) is 6.93. The van der Waals surface area contributed by atoms with Crippen molar-refractivity contribution in [3.63, 3.8) is 0 Å². The molecule has 0 bridgehead atoms. The predicted octanol–water partition coefficient (Wildman–Crippen LogP) is 3.18. The summed E-state index contributed by atoms with van der Waals surface area (Å²) in [6.45, 7) is 6.01. The maximum Gasteiger partial charge on any atom is 0.130 e. The van der Waals surface area contributed by atoms with Crippen molar-refractivity contribution in [2.75, 3.05) is 13.2 Å². The van der Waals surface area contributed by atoms with Gasteiger partial charge in [-0.05, 0) is 39.5 Å².